The molecule has 7 heteroatoms. The van der Waals surface area contributed by atoms with E-state index in [0.29, 0.717) is 36.6 Å². The SMILES string of the molecule is Cc1cc(Cl)c(OCCCCCSC(F)(F)F)cc1S. The van der Waals surface area contributed by atoms with E-state index in [2.05, 4.69) is 12.6 Å². The van der Waals surface area contributed by atoms with E-state index in [1.165, 1.54) is 0 Å². The lowest BCUT2D eigenvalue weighted by atomic mass is 10.2. The van der Waals surface area contributed by atoms with E-state index in [0.717, 1.165) is 10.5 Å². The molecule has 0 amide bonds. The van der Waals surface area contributed by atoms with Gasteiger partial charge in [0.25, 0.3) is 0 Å². The molecule has 1 rings (SSSR count). The Hall–Kier alpha value is -0.200. The predicted octanol–water partition coefficient (Wildman–Crippen LogP) is 5.74. The first-order valence-corrected chi connectivity index (χ1v) is 7.93. The summed E-state index contributed by atoms with van der Waals surface area (Å²) in [5.41, 5.74) is -3.16. The van der Waals surface area contributed by atoms with Gasteiger partial charge in [-0.25, -0.2) is 0 Å². The van der Waals surface area contributed by atoms with Gasteiger partial charge in [0.15, 0.2) is 0 Å². The fourth-order valence-electron chi connectivity index (χ4n) is 1.50. The van der Waals surface area contributed by atoms with Crippen LogP contribution in [0.2, 0.25) is 5.02 Å². The van der Waals surface area contributed by atoms with Crippen LogP contribution in [0.15, 0.2) is 17.0 Å². The smallest absolute Gasteiger partial charge is 0.441 e. The normalized spacial score (nSPS) is 11.7. The van der Waals surface area contributed by atoms with Gasteiger partial charge in [-0.1, -0.05) is 23.4 Å². The third-order valence-electron chi connectivity index (χ3n) is 2.56. The highest BCUT2D eigenvalue weighted by molar-refractivity contribution is 8.00. The van der Waals surface area contributed by atoms with Crippen molar-refractivity contribution in [3.8, 4) is 5.75 Å². The van der Waals surface area contributed by atoms with Crippen LogP contribution in [-0.2, 0) is 0 Å². The summed E-state index contributed by atoms with van der Waals surface area (Å²) in [7, 11) is 0. The van der Waals surface area contributed by atoms with Crippen LogP contribution in [0.3, 0.4) is 0 Å². The molecule has 1 aromatic carbocycles. The molecule has 0 spiro atoms. The molecule has 0 fully saturated rings. The van der Waals surface area contributed by atoms with Gasteiger partial charge in [-0.3, -0.25) is 0 Å². The number of ether oxygens (including phenoxy) is 1. The molecule has 0 saturated carbocycles. The molecule has 1 aromatic rings. The van der Waals surface area contributed by atoms with Crippen molar-refractivity contribution in [2.75, 3.05) is 12.4 Å². The Balaban J connectivity index is 2.20. The minimum atomic E-state index is -4.13. The lowest BCUT2D eigenvalue weighted by Gasteiger charge is -2.10. The summed E-state index contributed by atoms with van der Waals surface area (Å²) >= 11 is 10.3. The van der Waals surface area contributed by atoms with Gasteiger partial charge in [0.2, 0.25) is 0 Å². The van der Waals surface area contributed by atoms with Crippen LogP contribution in [0.5, 0.6) is 5.75 Å². The zero-order valence-electron chi connectivity index (χ0n) is 11.0. The van der Waals surface area contributed by atoms with Gasteiger partial charge in [-0.15, -0.1) is 12.6 Å². The van der Waals surface area contributed by atoms with Gasteiger partial charge in [-0.05, 0) is 43.9 Å². The molecule has 0 N–H and O–H groups in total. The standard InChI is InChI=1S/C13H16ClF3OS2/c1-9-7-10(14)11(8-12(9)19)18-5-3-2-4-6-20-13(15,16)17/h7-8,19H,2-6H2,1H3. The molecule has 0 aliphatic heterocycles. The monoisotopic (exact) mass is 344 g/mol. The minimum absolute atomic E-state index is 0.0220. The number of halogens is 4. The second-order valence-corrected chi connectivity index (χ2v) is 6.32. The van der Waals surface area contributed by atoms with E-state index in [9.17, 15) is 13.2 Å². The third-order valence-corrected chi connectivity index (χ3v) is 4.16. The number of unbranched alkanes of at least 4 members (excludes halogenated alkanes) is 2. The molecule has 114 valence electrons. The fourth-order valence-corrected chi connectivity index (χ4v) is 2.54. The Morgan fingerprint density at radius 3 is 2.60 bits per heavy atom. The summed E-state index contributed by atoms with van der Waals surface area (Å²) in [6, 6.07) is 3.53. The number of thioether (sulfide) groups is 1. The molecule has 0 heterocycles. The van der Waals surface area contributed by atoms with Gasteiger partial charge < -0.3 is 4.74 Å². The van der Waals surface area contributed by atoms with Crippen LogP contribution in [0.1, 0.15) is 24.8 Å². The van der Waals surface area contributed by atoms with E-state index >= 15 is 0 Å². The number of aryl methyl sites for hydroxylation is 1. The van der Waals surface area contributed by atoms with E-state index in [-0.39, 0.29) is 17.5 Å². The Bertz CT molecular complexity index is 438. The maximum atomic E-state index is 11.9. The van der Waals surface area contributed by atoms with Gasteiger partial charge in [0, 0.05) is 10.6 Å². The van der Waals surface area contributed by atoms with Crippen LogP contribution in [0.25, 0.3) is 0 Å². The van der Waals surface area contributed by atoms with Crippen molar-refractivity contribution in [2.45, 2.75) is 36.6 Å². The van der Waals surface area contributed by atoms with Crippen molar-refractivity contribution in [3.63, 3.8) is 0 Å². The van der Waals surface area contributed by atoms with Crippen molar-refractivity contribution in [1.82, 2.24) is 0 Å². The lowest BCUT2D eigenvalue weighted by molar-refractivity contribution is -0.0328. The molecule has 0 radical (unpaired) electrons. The summed E-state index contributed by atoms with van der Waals surface area (Å²) in [5.74, 6) is 0.655. The number of alkyl halides is 3. The van der Waals surface area contributed by atoms with Crippen LogP contribution in [0, 0.1) is 6.92 Å². The van der Waals surface area contributed by atoms with Crippen molar-refractivity contribution in [1.29, 1.82) is 0 Å². The highest BCUT2D eigenvalue weighted by Crippen LogP contribution is 2.31. The van der Waals surface area contributed by atoms with Crippen molar-refractivity contribution in [2.24, 2.45) is 0 Å². The minimum Gasteiger partial charge on any atom is -0.492 e. The molecule has 0 aromatic heterocycles. The Morgan fingerprint density at radius 2 is 1.95 bits per heavy atom. The Labute approximate surface area is 131 Å². The van der Waals surface area contributed by atoms with Gasteiger partial charge in [0.1, 0.15) is 5.75 Å². The van der Waals surface area contributed by atoms with Crippen molar-refractivity contribution in [3.05, 3.63) is 22.7 Å². The first kappa shape index (κ1) is 17.9. The summed E-state index contributed by atoms with van der Waals surface area (Å²) in [6.07, 6.45) is 1.91. The van der Waals surface area contributed by atoms with Gasteiger partial charge in [0.05, 0.1) is 11.6 Å². The Kier molecular flexibility index (Phi) is 7.40. The molecule has 1 nitrogen and oxygen atoms in total. The van der Waals surface area contributed by atoms with Gasteiger partial charge in [-0.2, -0.15) is 13.2 Å². The average molecular weight is 345 g/mol. The molecule has 0 bridgehead atoms. The molecule has 0 saturated heterocycles. The van der Waals surface area contributed by atoms with Crippen molar-refractivity contribution >= 4 is 36.0 Å². The molecule has 0 aliphatic rings. The van der Waals surface area contributed by atoms with Crippen LogP contribution in [-0.4, -0.2) is 17.9 Å². The zero-order valence-corrected chi connectivity index (χ0v) is 13.4. The largest absolute Gasteiger partial charge is 0.492 e. The number of thiol groups is 1. The fraction of sp³-hybridized carbons (Fsp3) is 0.538. The van der Waals surface area contributed by atoms with Crippen LogP contribution < -0.4 is 4.74 Å². The quantitative estimate of drug-likeness (QED) is 0.499. The van der Waals surface area contributed by atoms with Crippen LogP contribution in [0.4, 0.5) is 13.2 Å². The van der Waals surface area contributed by atoms with E-state index in [4.69, 9.17) is 16.3 Å². The summed E-state index contributed by atoms with van der Waals surface area (Å²) in [4.78, 5) is 0.797. The second-order valence-electron chi connectivity index (χ2n) is 4.27. The highest BCUT2D eigenvalue weighted by atomic mass is 35.5. The number of benzene rings is 1. The molecule has 20 heavy (non-hydrogen) atoms. The van der Waals surface area contributed by atoms with E-state index in [1.54, 1.807) is 12.1 Å². The third kappa shape index (κ3) is 6.99. The number of rotatable bonds is 7. The summed E-state index contributed by atoms with van der Waals surface area (Å²) in [5, 5.41) is 0.521. The van der Waals surface area contributed by atoms with E-state index in [1.807, 2.05) is 6.92 Å². The zero-order chi connectivity index (χ0) is 15.2. The summed E-state index contributed by atoms with van der Waals surface area (Å²) in [6.45, 7) is 2.34. The first-order chi connectivity index (χ1) is 9.29. The molecular weight excluding hydrogens is 329 g/mol. The first-order valence-electron chi connectivity index (χ1n) is 6.12. The maximum Gasteiger partial charge on any atom is 0.441 e. The maximum absolute atomic E-state index is 11.9. The molecule has 0 unspecified atom stereocenters. The molecule has 0 atom stereocenters. The molecule has 0 aliphatic carbocycles. The Morgan fingerprint density at radius 1 is 1.25 bits per heavy atom. The summed E-state index contributed by atoms with van der Waals surface area (Å²) < 4.78 is 41.2. The van der Waals surface area contributed by atoms with Gasteiger partial charge >= 0.3 is 5.51 Å². The highest BCUT2D eigenvalue weighted by Gasteiger charge is 2.27. The van der Waals surface area contributed by atoms with E-state index < -0.39 is 5.51 Å². The molecular formula is C13H16ClF3OS2. The second kappa shape index (κ2) is 8.29. The average Bonchev–Trinajstić information content (AvgIpc) is 2.32. The lowest BCUT2D eigenvalue weighted by Crippen LogP contribution is -2.02. The van der Waals surface area contributed by atoms with Crippen LogP contribution >= 0.6 is 36.0 Å². The number of hydrogen-bond acceptors (Lipinski definition) is 3. The number of hydrogen-bond donors (Lipinski definition) is 1. The predicted molar refractivity (Wildman–Crippen MR) is 81.3 cm³/mol. The van der Waals surface area contributed by atoms with Crippen molar-refractivity contribution < 1.29 is 17.9 Å². The topological polar surface area (TPSA) is 9.23 Å².